The summed E-state index contributed by atoms with van der Waals surface area (Å²) in [6, 6.07) is 0. The minimum absolute atomic E-state index is 0.635. The first-order chi connectivity index (χ1) is 6.86. The van der Waals surface area contributed by atoms with Gasteiger partial charge in [0, 0.05) is 38.6 Å². The molecule has 1 saturated heterocycles. The van der Waals surface area contributed by atoms with Crippen molar-refractivity contribution in [2.24, 2.45) is 0 Å². The zero-order valence-corrected chi connectivity index (χ0v) is 9.84. The second kappa shape index (κ2) is 7.27. The number of hydrogen-bond donors (Lipinski definition) is 0. The zero-order chi connectivity index (χ0) is 10.2. The number of halogens is 1. The van der Waals surface area contributed by atoms with Crippen molar-refractivity contribution in [3.63, 3.8) is 0 Å². The predicted octanol–water partition coefficient (Wildman–Crippen LogP) is 1.81. The molecule has 0 spiro atoms. The second-order valence-electron chi connectivity index (χ2n) is 3.77. The van der Waals surface area contributed by atoms with Gasteiger partial charge in [-0.3, -0.25) is 4.90 Å². The molecular weight excluding hydrogens is 196 g/mol. The number of piperazine rings is 1. The van der Waals surface area contributed by atoms with Crippen LogP contribution in [0.2, 0.25) is 0 Å². The molecule has 82 valence electrons. The lowest BCUT2D eigenvalue weighted by atomic mass is 10.3. The van der Waals surface area contributed by atoms with Crippen molar-refractivity contribution in [2.75, 3.05) is 45.1 Å². The maximum atomic E-state index is 5.57. The van der Waals surface area contributed by atoms with Gasteiger partial charge in [-0.2, -0.15) is 0 Å². The Morgan fingerprint density at radius 1 is 1.07 bits per heavy atom. The van der Waals surface area contributed by atoms with Crippen LogP contribution in [-0.2, 0) is 0 Å². The van der Waals surface area contributed by atoms with Crippen LogP contribution in [0, 0.1) is 0 Å². The van der Waals surface area contributed by atoms with E-state index in [1.165, 1.54) is 39.1 Å². The molecule has 2 nitrogen and oxygen atoms in total. The summed E-state index contributed by atoms with van der Waals surface area (Å²) >= 11 is 5.57. The lowest BCUT2D eigenvalue weighted by molar-refractivity contribution is 0.143. The van der Waals surface area contributed by atoms with Crippen LogP contribution in [0.25, 0.3) is 0 Å². The number of rotatable bonds is 5. The van der Waals surface area contributed by atoms with Crippen LogP contribution in [0.1, 0.15) is 13.3 Å². The molecule has 1 aliphatic heterocycles. The van der Waals surface area contributed by atoms with Gasteiger partial charge in [-0.1, -0.05) is 19.1 Å². The Morgan fingerprint density at radius 3 is 2.29 bits per heavy atom. The number of alkyl halides is 1. The summed E-state index contributed by atoms with van der Waals surface area (Å²) in [6.45, 7) is 9.41. The number of hydrogen-bond acceptors (Lipinski definition) is 2. The molecule has 0 N–H and O–H groups in total. The molecule has 0 bridgehead atoms. The van der Waals surface area contributed by atoms with E-state index in [2.05, 4.69) is 22.8 Å². The molecular formula is C11H21ClN2. The van der Waals surface area contributed by atoms with E-state index < -0.39 is 0 Å². The standard InChI is InChI=1S/C11H21ClN2/c1-2-6-13-8-10-14(11-9-13)7-4-3-5-12/h3-4H,2,5-11H2,1H3. The maximum Gasteiger partial charge on any atom is 0.0404 e. The Hall–Kier alpha value is -0.0500. The molecule has 1 rings (SSSR count). The van der Waals surface area contributed by atoms with Crippen molar-refractivity contribution in [1.29, 1.82) is 0 Å². The normalized spacial score (nSPS) is 20.7. The molecule has 0 unspecified atom stereocenters. The average Bonchev–Trinajstić information content (AvgIpc) is 2.21. The summed E-state index contributed by atoms with van der Waals surface area (Å²) in [5, 5.41) is 0. The van der Waals surface area contributed by atoms with Crippen LogP contribution in [0.4, 0.5) is 0 Å². The van der Waals surface area contributed by atoms with Crippen molar-refractivity contribution in [3.8, 4) is 0 Å². The lowest BCUT2D eigenvalue weighted by Gasteiger charge is -2.33. The fourth-order valence-electron chi connectivity index (χ4n) is 1.80. The molecule has 0 amide bonds. The first-order valence-corrected chi connectivity index (χ1v) is 6.06. The summed E-state index contributed by atoms with van der Waals surface area (Å²) in [5.74, 6) is 0.635. The molecule has 0 radical (unpaired) electrons. The van der Waals surface area contributed by atoms with Crippen LogP contribution < -0.4 is 0 Å². The highest BCUT2D eigenvalue weighted by Crippen LogP contribution is 2.02. The fourth-order valence-corrected chi connectivity index (χ4v) is 1.92. The fraction of sp³-hybridized carbons (Fsp3) is 0.818. The van der Waals surface area contributed by atoms with E-state index in [-0.39, 0.29) is 0 Å². The van der Waals surface area contributed by atoms with Gasteiger partial charge in [-0.15, -0.1) is 11.6 Å². The highest BCUT2D eigenvalue weighted by Gasteiger charge is 2.14. The van der Waals surface area contributed by atoms with E-state index in [1.54, 1.807) is 0 Å². The highest BCUT2D eigenvalue weighted by molar-refractivity contribution is 6.18. The van der Waals surface area contributed by atoms with Gasteiger partial charge in [-0.05, 0) is 13.0 Å². The lowest BCUT2D eigenvalue weighted by Crippen LogP contribution is -2.46. The van der Waals surface area contributed by atoms with Crippen molar-refractivity contribution in [2.45, 2.75) is 13.3 Å². The zero-order valence-electron chi connectivity index (χ0n) is 9.08. The SMILES string of the molecule is CCCN1CCN(CC=CCCl)CC1. The Kier molecular flexibility index (Phi) is 6.24. The molecule has 1 heterocycles. The van der Waals surface area contributed by atoms with E-state index in [4.69, 9.17) is 11.6 Å². The first kappa shape index (κ1) is 12.0. The van der Waals surface area contributed by atoms with Crippen molar-refractivity contribution >= 4 is 11.6 Å². The van der Waals surface area contributed by atoms with Gasteiger partial charge in [0.25, 0.3) is 0 Å². The maximum absolute atomic E-state index is 5.57. The molecule has 1 fully saturated rings. The van der Waals surface area contributed by atoms with Gasteiger partial charge in [0.15, 0.2) is 0 Å². The molecule has 0 aromatic heterocycles. The van der Waals surface area contributed by atoms with Crippen LogP contribution in [0.5, 0.6) is 0 Å². The van der Waals surface area contributed by atoms with E-state index in [0.717, 1.165) is 6.54 Å². The van der Waals surface area contributed by atoms with Gasteiger partial charge >= 0.3 is 0 Å². The van der Waals surface area contributed by atoms with E-state index in [1.807, 2.05) is 6.08 Å². The largest absolute Gasteiger partial charge is 0.301 e. The third-order valence-electron chi connectivity index (χ3n) is 2.62. The van der Waals surface area contributed by atoms with Gasteiger partial charge < -0.3 is 4.90 Å². The van der Waals surface area contributed by atoms with Gasteiger partial charge in [0.2, 0.25) is 0 Å². The molecule has 0 aliphatic carbocycles. The number of allylic oxidation sites excluding steroid dienone is 1. The van der Waals surface area contributed by atoms with Crippen molar-refractivity contribution in [3.05, 3.63) is 12.2 Å². The topological polar surface area (TPSA) is 6.48 Å². The minimum atomic E-state index is 0.635. The number of nitrogens with zero attached hydrogens (tertiary/aromatic N) is 2. The average molecular weight is 217 g/mol. The van der Waals surface area contributed by atoms with E-state index >= 15 is 0 Å². The Morgan fingerprint density at radius 2 is 1.71 bits per heavy atom. The van der Waals surface area contributed by atoms with Crippen molar-refractivity contribution in [1.82, 2.24) is 9.80 Å². The third-order valence-corrected chi connectivity index (χ3v) is 2.80. The third kappa shape index (κ3) is 4.45. The molecule has 1 aliphatic rings. The van der Waals surface area contributed by atoms with Crippen LogP contribution in [0.3, 0.4) is 0 Å². The summed E-state index contributed by atoms with van der Waals surface area (Å²) < 4.78 is 0. The summed E-state index contributed by atoms with van der Waals surface area (Å²) in [7, 11) is 0. The Balaban J connectivity index is 2.12. The molecule has 0 aromatic rings. The predicted molar refractivity (Wildman–Crippen MR) is 63.0 cm³/mol. The molecule has 3 heteroatoms. The molecule has 0 aromatic carbocycles. The van der Waals surface area contributed by atoms with E-state index in [0.29, 0.717) is 5.88 Å². The van der Waals surface area contributed by atoms with Gasteiger partial charge in [-0.25, -0.2) is 0 Å². The summed E-state index contributed by atoms with van der Waals surface area (Å²) in [4.78, 5) is 5.02. The second-order valence-corrected chi connectivity index (χ2v) is 4.08. The van der Waals surface area contributed by atoms with Crippen LogP contribution in [0.15, 0.2) is 12.2 Å². The van der Waals surface area contributed by atoms with Crippen molar-refractivity contribution < 1.29 is 0 Å². The molecule has 0 atom stereocenters. The van der Waals surface area contributed by atoms with Gasteiger partial charge in [0.05, 0.1) is 0 Å². The summed E-state index contributed by atoms with van der Waals surface area (Å²) in [6.07, 6.45) is 5.47. The molecule has 0 saturated carbocycles. The van der Waals surface area contributed by atoms with E-state index in [9.17, 15) is 0 Å². The first-order valence-electron chi connectivity index (χ1n) is 5.52. The minimum Gasteiger partial charge on any atom is -0.301 e. The van der Waals surface area contributed by atoms with Crippen LogP contribution in [-0.4, -0.2) is 54.9 Å². The monoisotopic (exact) mass is 216 g/mol. The Bertz CT molecular complexity index is 163. The van der Waals surface area contributed by atoms with Crippen LogP contribution >= 0.6 is 11.6 Å². The highest BCUT2D eigenvalue weighted by atomic mass is 35.5. The summed E-state index contributed by atoms with van der Waals surface area (Å²) in [5.41, 5.74) is 0. The quantitative estimate of drug-likeness (QED) is 0.511. The van der Waals surface area contributed by atoms with Gasteiger partial charge in [0.1, 0.15) is 0 Å². The smallest absolute Gasteiger partial charge is 0.0404 e. The Labute approximate surface area is 92.5 Å². The molecule has 14 heavy (non-hydrogen) atoms.